The number of hydrogen-bond donors (Lipinski definition) is 4. The maximum atomic E-state index is 12.5. The quantitative estimate of drug-likeness (QED) is 0.265. The SMILES string of the molecule is CC(C)CCC[C@H](C)[C@@H]1CC[C@@H]2[C@H]3CC=C4C[C@H](OC(=O)NC(CO)(CO)CO)CC[C@]4(C)[C@@H]3CC[C@@]21C. The Bertz CT molecular complexity index is 845. The highest BCUT2D eigenvalue weighted by molar-refractivity contribution is 5.68. The van der Waals surface area contributed by atoms with Crippen molar-refractivity contribution in [2.24, 2.45) is 46.3 Å². The largest absolute Gasteiger partial charge is 0.446 e. The van der Waals surface area contributed by atoms with E-state index in [2.05, 4.69) is 46.0 Å². The third-order valence-electron chi connectivity index (χ3n) is 11.8. The number of carbonyl (C=O) groups is 1. The number of amides is 1. The predicted octanol–water partition coefficient (Wildman–Crippen LogP) is 5.84. The lowest BCUT2D eigenvalue weighted by Gasteiger charge is -2.58. The molecule has 0 unspecified atom stereocenters. The molecule has 0 heterocycles. The van der Waals surface area contributed by atoms with E-state index in [0.717, 1.165) is 61.2 Å². The monoisotopic (exact) mass is 533 g/mol. The van der Waals surface area contributed by atoms with E-state index in [4.69, 9.17) is 4.74 Å². The van der Waals surface area contributed by atoms with Gasteiger partial charge in [-0.2, -0.15) is 0 Å². The Kier molecular flexibility index (Phi) is 9.26. The maximum Gasteiger partial charge on any atom is 0.408 e. The lowest BCUT2D eigenvalue weighted by atomic mass is 9.47. The van der Waals surface area contributed by atoms with Crippen LogP contribution in [0.25, 0.3) is 0 Å². The van der Waals surface area contributed by atoms with Gasteiger partial charge in [0, 0.05) is 6.42 Å². The second-order valence-corrected chi connectivity index (χ2v) is 14.4. The van der Waals surface area contributed by atoms with Crippen molar-refractivity contribution in [2.75, 3.05) is 19.8 Å². The van der Waals surface area contributed by atoms with Gasteiger partial charge in [0.2, 0.25) is 0 Å². The molecular formula is C32H55NO5. The summed E-state index contributed by atoms with van der Waals surface area (Å²) in [5.74, 6) is 4.82. The van der Waals surface area contributed by atoms with Crippen LogP contribution in [0.15, 0.2) is 11.6 Å². The first-order valence-electron chi connectivity index (χ1n) is 15.5. The van der Waals surface area contributed by atoms with E-state index in [9.17, 15) is 20.1 Å². The molecule has 3 saturated carbocycles. The molecule has 3 fully saturated rings. The molecule has 0 aliphatic heterocycles. The number of fused-ring (bicyclic) bond motifs is 5. The van der Waals surface area contributed by atoms with Crippen molar-refractivity contribution in [3.05, 3.63) is 11.6 Å². The third kappa shape index (κ3) is 5.56. The summed E-state index contributed by atoms with van der Waals surface area (Å²) in [6.45, 7) is 10.7. The number of aliphatic hydroxyl groups is 3. The van der Waals surface area contributed by atoms with Gasteiger partial charge in [0.15, 0.2) is 0 Å². The number of rotatable bonds is 10. The summed E-state index contributed by atoms with van der Waals surface area (Å²) < 4.78 is 5.73. The van der Waals surface area contributed by atoms with Gasteiger partial charge in [-0.1, -0.05) is 65.5 Å². The first-order chi connectivity index (χ1) is 18.0. The van der Waals surface area contributed by atoms with Crippen molar-refractivity contribution < 1.29 is 24.9 Å². The zero-order valence-electron chi connectivity index (χ0n) is 24.7. The molecule has 0 aromatic rings. The molecule has 1 amide bonds. The highest BCUT2D eigenvalue weighted by Crippen LogP contribution is 2.67. The van der Waals surface area contributed by atoms with Crippen LogP contribution in [0.1, 0.15) is 105 Å². The van der Waals surface area contributed by atoms with Crippen molar-refractivity contribution in [3.63, 3.8) is 0 Å². The minimum atomic E-state index is -1.46. The second-order valence-electron chi connectivity index (χ2n) is 14.4. The summed E-state index contributed by atoms with van der Waals surface area (Å²) in [5.41, 5.74) is 0.668. The van der Waals surface area contributed by atoms with Gasteiger partial charge in [-0.05, 0) is 91.3 Å². The zero-order chi connectivity index (χ0) is 27.7. The molecule has 38 heavy (non-hydrogen) atoms. The van der Waals surface area contributed by atoms with Crippen molar-refractivity contribution >= 4 is 6.09 Å². The lowest BCUT2D eigenvalue weighted by Crippen LogP contribution is -2.57. The zero-order valence-corrected chi connectivity index (χ0v) is 24.7. The summed E-state index contributed by atoms with van der Waals surface area (Å²) in [7, 11) is 0. The minimum Gasteiger partial charge on any atom is -0.446 e. The summed E-state index contributed by atoms with van der Waals surface area (Å²) in [6.07, 6.45) is 15.0. The second kappa shape index (κ2) is 11.8. The van der Waals surface area contributed by atoms with E-state index in [1.54, 1.807) is 0 Å². The van der Waals surface area contributed by atoms with Gasteiger partial charge in [0.1, 0.15) is 11.6 Å². The Morgan fingerprint density at radius 2 is 1.74 bits per heavy atom. The molecule has 8 atom stereocenters. The summed E-state index contributed by atoms with van der Waals surface area (Å²) in [5, 5.41) is 31.0. The Morgan fingerprint density at radius 3 is 2.39 bits per heavy atom. The smallest absolute Gasteiger partial charge is 0.408 e. The first-order valence-corrected chi connectivity index (χ1v) is 15.5. The van der Waals surface area contributed by atoms with Crippen LogP contribution >= 0.6 is 0 Å². The first kappa shape index (κ1) is 29.9. The summed E-state index contributed by atoms with van der Waals surface area (Å²) in [4.78, 5) is 12.5. The predicted molar refractivity (Wildman–Crippen MR) is 150 cm³/mol. The Labute approximate surface area is 231 Å². The average molecular weight is 534 g/mol. The number of alkyl carbamates (subject to hydrolysis) is 1. The van der Waals surface area contributed by atoms with Gasteiger partial charge in [-0.15, -0.1) is 0 Å². The number of ether oxygens (including phenoxy) is 1. The van der Waals surface area contributed by atoms with Crippen LogP contribution in [-0.4, -0.2) is 52.9 Å². The molecule has 4 N–H and O–H groups in total. The fraction of sp³-hybridized carbons (Fsp3) is 0.906. The van der Waals surface area contributed by atoms with Crippen LogP contribution < -0.4 is 5.32 Å². The van der Waals surface area contributed by atoms with E-state index in [1.165, 1.54) is 50.5 Å². The Morgan fingerprint density at radius 1 is 1.03 bits per heavy atom. The van der Waals surface area contributed by atoms with Gasteiger partial charge >= 0.3 is 6.09 Å². The fourth-order valence-electron chi connectivity index (χ4n) is 9.42. The lowest BCUT2D eigenvalue weighted by molar-refractivity contribution is -0.0588. The molecule has 0 radical (unpaired) electrons. The molecule has 218 valence electrons. The van der Waals surface area contributed by atoms with Crippen molar-refractivity contribution in [1.82, 2.24) is 5.32 Å². The van der Waals surface area contributed by atoms with Gasteiger partial charge in [0.05, 0.1) is 19.8 Å². The molecule has 4 aliphatic carbocycles. The van der Waals surface area contributed by atoms with E-state index in [-0.39, 0.29) is 11.5 Å². The van der Waals surface area contributed by atoms with E-state index < -0.39 is 31.5 Å². The van der Waals surface area contributed by atoms with Gasteiger partial charge in [-0.25, -0.2) is 4.79 Å². The highest BCUT2D eigenvalue weighted by Gasteiger charge is 2.59. The van der Waals surface area contributed by atoms with Crippen molar-refractivity contribution in [1.29, 1.82) is 0 Å². The van der Waals surface area contributed by atoms with Crippen LogP contribution in [0.4, 0.5) is 4.79 Å². The molecule has 0 bridgehead atoms. The van der Waals surface area contributed by atoms with Crippen molar-refractivity contribution in [3.8, 4) is 0 Å². The number of aliphatic hydroxyl groups excluding tert-OH is 3. The van der Waals surface area contributed by atoms with E-state index in [1.807, 2.05) is 0 Å². The normalized spacial score (nSPS) is 37.6. The van der Waals surface area contributed by atoms with Gasteiger partial charge in [-0.3, -0.25) is 0 Å². The summed E-state index contributed by atoms with van der Waals surface area (Å²) >= 11 is 0. The van der Waals surface area contributed by atoms with Gasteiger partial charge in [0.25, 0.3) is 0 Å². The summed E-state index contributed by atoms with van der Waals surface area (Å²) in [6, 6.07) is 0. The highest BCUT2D eigenvalue weighted by atomic mass is 16.6. The molecule has 0 saturated heterocycles. The molecule has 0 aromatic carbocycles. The molecule has 6 heteroatoms. The standard InChI is InChI=1S/C32H55NO5/c1-21(2)7-6-8-22(3)26-11-12-27-25-10-9-23-17-24(38-29(37)33-32(18-34,19-35)20-36)13-15-30(23,4)28(25)14-16-31(26,27)5/h9,21-22,24-28,34-36H,6-8,10-20H2,1-5H3,(H,33,37)/t22-,24+,25+,26-,27+,28+,30-,31+/m0/s1. The molecule has 4 rings (SSSR count). The number of allylic oxidation sites excluding steroid dienone is 1. The fourth-order valence-corrected chi connectivity index (χ4v) is 9.42. The molecule has 4 aliphatic rings. The molecule has 6 nitrogen and oxygen atoms in total. The van der Waals surface area contributed by atoms with Gasteiger partial charge < -0.3 is 25.4 Å². The Hall–Kier alpha value is -1.11. The minimum absolute atomic E-state index is 0.187. The van der Waals surface area contributed by atoms with Crippen LogP contribution in [0.5, 0.6) is 0 Å². The average Bonchev–Trinajstić information content (AvgIpc) is 3.24. The molecular weight excluding hydrogens is 478 g/mol. The van der Waals surface area contributed by atoms with Crippen LogP contribution in [0, 0.1) is 46.3 Å². The van der Waals surface area contributed by atoms with Crippen LogP contribution in [0.3, 0.4) is 0 Å². The third-order valence-corrected chi connectivity index (χ3v) is 11.8. The van der Waals surface area contributed by atoms with E-state index in [0.29, 0.717) is 5.41 Å². The number of hydrogen-bond acceptors (Lipinski definition) is 5. The number of nitrogens with one attached hydrogen (secondary N) is 1. The van der Waals surface area contributed by atoms with Crippen LogP contribution in [0.2, 0.25) is 0 Å². The van der Waals surface area contributed by atoms with Crippen LogP contribution in [-0.2, 0) is 4.74 Å². The maximum absolute atomic E-state index is 12.5. The molecule has 0 spiro atoms. The Balaban J connectivity index is 1.40. The number of carbonyl (C=O) groups excluding carboxylic acids is 1. The van der Waals surface area contributed by atoms with E-state index >= 15 is 0 Å². The topological polar surface area (TPSA) is 99.0 Å². The van der Waals surface area contributed by atoms with Crippen molar-refractivity contribution in [2.45, 2.75) is 117 Å². The molecule has 0 aromatic heterocycles.